The molecular weight excluding hydrogens is 281 g/mol. The molecule has 1 heterocycles. The monoisotopic (exact) mass is 295 g/mol. The number of halogens is 2. The molecule has 2 rings (SSSR count). The lowest BCUT2D eigenvalue weighted by Gasteiger charge is -2.14. The summed E-state index contributed by atoms with van der Waals surface area (Å²) in [5.74, 6) is -0.511. The summed E-state index contributed by atoms with van der Waals surface area (Å²) < 4.78 is 12.9. The summed E-state index contributed by atoms with van der Waals surface area (Å²) in [6.45, 7) is 6.09. The smallest absolute Gasteiger partial charge is 0.258 e. The van der Waals surface area contributed by atoms with Gasteiger partial charge >= 0.3 is 0 Å². The Hall–Kier alpha value is -1.88. The van der Waals surface area contributed by atoms with Crippen LogP contribution in [0.2, 0.25) is 5.02 Å². The molecule has 0 fully saturated rings. The molecule has 2 aromatic rings. The summed E-state index contributed by atoms with van der Waals surface area (Å²) in [5.41, 5.74) is 1.01. The predicted molar refractivity (Wildman–Crippen MR) is 76.7 cm³/mol. The number of nitrogens with one attached hydrogen (secondary N) is 2. The topological polar surface area (TPSA) is 57.8 Å². The minimum absolute atomic E-state index is 0.0640. The summed E-state index contributed by atoms with van der Waals surface area (Å²) in [6.07, 6.45) is 0. The lowest BCUT2D eigenvalue weighted by Crippen LogP contribution is -2.13. The highest BCUT2D eigenvalue weighted by atomic mass is 35.5. The average molecular weight is 296 g/mol. The highest BCUT2D eigenvalue weighted by Gasteiger charge is 2.18. The summed E-state index contributed by atoms with van der Waals surface area (Å²) in [6, 6.07) is 5.38. The lowest BCUT2D eigenvalue weighted by molar-refractivity contribution is 0.102. The average Bonchev–Trinajstić information content (AvgIpc) is 2.76. The van der Waals surface area contributed by atoms with E-state index >= 15 is 0 Å². The van der Waals surface area contributed by atoms with Crippen LogP contribution in [0.3, 0.4) is 0 Å². The van der Waals surface area contributed by atoms with E-state index in [0.717, 1.165) is 11.8 Å². The van der Waals surface area contributed by atoms with Crippen LogP contribution in [0, 0.1) is 5.82 Å². The van der Waals surface area contributed by atoms with Crippen LogP contribution in [0.25, 0.3) is 0 Å². The summed E-state index contributed by atoms with van der Waals surface area (Å²) in [4.78, 5) is 12.0. The maximum absolute atomic E-state index is 12.9. The lowest BCUT2D eigenvalue weighted by atomic mass is 9.92. The van der Waals surface area contributed by atoms with Crippen LogP contribution < -0.4 is 5.32 Å². The Morgan fingerprint density at radius 3 is 2.60 bits per heavy atom. The number of aromatic amines is 1. The van der Waals surface area contributed by atoms with Crippen molar-refractivity contribution in [3.8, 4) is 0 Å². The number of anilines is 1. The van der Waals surface area contributed by atoms with E-state index in [1.54, 1.807) is 6.07 Å². The third-order valence-electron chi connectivity index (χ3n) is 2.80. The third kappa shape index (κ3) is 3.17. The Labute approximate surface area is 121 Å². The van der Waals surface area contributed by atoms with Crippen LogP contribution >= 0.6 is 11.6 Å². The van der Waals surface area contributed by atoms with Gasteiger partial charge in [-0.25, -0.2) is 4.39 Å². The molecule has 0 radical (unpaired) electrons. The van der Waals surface area contributed by atoms with E-state index in [1.807, 2.05) is 20.8 Å². The van der Waals surface area contributed by atoms with E-state index in [4.69, 9.17) is 11.6 Å². The molecule has 106 valence electrons. The number of hydrogen-bond donors (Lipinski definition) is 2. The second-order valence-corrected chi connectivity index (χ2v) is 5.90. The van der Waals surface area contributed by atoms with Crippen molar-refractivity contribution in [2.75, 3.05) is 5.32 Å². The van der Waals surface area contributed by atoms with Gasteiger partial charge in [-0.15, -0.1) is 0 Å². The zero-order valence-electron chi connectivity index (χ0n) is 11.4. The molecule has 1 aromatic carbocycles. The fourth-order valence-corrected chi connectivity index (χ4v) is 1.88. The molecule has 6 heteroatoms. The molecule has 1 aromatic heterocycles. The quantitative estimate of drug-likeness (QED) is 0.886. The minimum atomic E-state index is -0.485. The molecule has 2 N–H and O–H groups in total. The first kappa shape index (κ1) is 14.5. The van der Waals surface area contributed by atoms with Crippen molar-refractivity contribution >= 4 is 23.3 Å². The highest BCUT2D eigenvalue weighted by molar-refractivity contribution is 6.34. The molecule has 0 aliphatic rings. The first-order valence-electron chi connectivity index (χ1n) is 6.09. The van der Waals surface area contributed by atoms with Crippen LogP contribution in [0.15, 0.2) is 24.3 Å². The van der Waals surface area contributed by atoms with Crippen molar-refractivity contribution in [3.05, 3.63) is 46.4 Å². The van der Waals surface area contributed by atoms with Gasteiger partial charge in [0.25, 0.3) is 5.91 Å². The van der Waals surface area contributed by atoms with Gasteiger partial charge in [0.05, 0.1) is 10.6 Å². The Morgan fingerprint density at radius 2 is 2.05 bits per heavy atom. The highest BCUT2D eigenvalue weighted by Crippen LogP contribution is 2.23. The molecule has 1 amide bonds. The third-order valence-corrected chi connectivity index (χ3v) is 3.12. The number of nitrogens with zero attached hydrogens (tertiary/aromatic N) is 1. The summed E-state index contributed by atoms with van der Waals surface area (Å²) in [5, 5.41) is 9.58. The largest absolute Gasteiger partial charge is 0.305 e. The predicted octanol–water partition coefficient (Wildman–Crippen LogP) is 3.75. The maximum Gasteiger partial charge on any atom is 0.258 e. The molecule has 4 nitrogen and oxygen atoms in total. The van der Waals surface area contributed by atoms with Crippen LogP contribution in [0.1, 0.15) is 36.8 Å². The number of carbonyl (C=O) groups is 1. The van der Waals surface area contributed by atoms with Gasteiger partial charge in [0.15, 0.2) is 5.82 Å². The van der Waals surface area contributed by atoms with Gasteiger partial charge in [0.2, 0.25) is 0 Å². The Balaban J connectivity index is 2.17. The fraction of sp³-hybridized carbons (Fsp3) is 0.286. The zero-order valence-corrected chi connectivity index (χ0v) is 12.2. The van der Waals surface area contributed by atoms with Crippen molar-refractivity contribution in [3.63, 3.8) is 0 Å². The van der Waals surface area contributed by atoms with Gasteiger partial charge in [-0.2, -0.15) is 5.10 Å². The first-order valence-corrected chi connectivity index (χ1v) is 6.47. The second-order valence-electron chi connectivity index (χ2n) is 5.50. The van der Waals surface area contributed by atoms with Gasteiger partial charge < -0.3 is 5.32 Å². The molecule has 0 saturated carbocycles. The fourth-order valence-electron chi connectivity index (χ4n) is 1.63. The SMILES string of the molecule is CC(C)(C)c1cc(NC(=O)c2ccc(F)cc2Cl)n[nH]1. The molecule has 0 unspecified atom stereocenters. The number of carbonyl (C=O) groups excluding carboxylic acids is 1. The molecule has 0 aliphatic heterocycles. The van der Waals surface area contributed by atoms with Gasteiger partial charge in [-0.05, 0) is 18.2 Å². The molecule has 0 spiro atoms. The van der Waals surface area contributed by atoms with Gasteiger partial charge in [0.1, 0.15) is 5.82 Å². The van der Waals surface area contributed by atoms with E-state index in [1.165, 1.54) is 12.1 Å². The van der Waals surface area contributed by atoms with Crippen molar-refractivity contribution in [1.82, 2.24) is 10.2 Å². The van der Waals surface area contributed by atoms with E-state index in [0.29, 0.717) is 5.82 Å². The van der Waals surface area contributed by atoms with Crippen LogP contribution in [-0.4, -0.2) is 16.1 Å². The van der Waals surface area contributed by atoms with Crippen molar-refractivity contribution in [1.29, 1.82) is 0 Å². The minimum Gasteiger partial charge on any atom is -0.305 e. The van der Waals surface area contributed by atoms with E-state index in [2.05, 4.69) is 15.5 Å². The van der Waals surface area contributed by atoms with Gasteiger partial charge in [0, 0.05) is 17.2 Å². The molecule has 0 atom stereocenters. The van der Waals surface area contributed by atoms with E-state index in [-0.39, 0.29) is 16.0 Å². The van der Waals surface area contributed by atoms with E-state index in [9.17, 15) is 9.18 Å². The Morgan fingerprint density at radius 1 is 1.35 bits per heavy atom. The van der Waals surface area contributed by atoms with Gasteiger partial charge in [-0.3, -0.25) is 9.89 Å². The van der Waals surface area contributed by atoms with Gasteiger partial charge in [-0.1, -0.05) is 32.4 Å². The molecule has 0 bridgehead atoms. The normalized spacial score (nSPS) is 11.4. The molecule has 0 saturated heterocycles. The molecule has 20 heavy (non-hydrogen) atoms. The second kappa shape index (κ2) is 5.25. The summed E-state index contributed by atoms with van der Waals surface area (Å²) in [7, 11) is 0. The number of hydrogen-bond acceptors (Lipinski definition) is 2. The first-order chi connectivity index (χ1) is 9.27. The number of rotatable bonds is 2. The number of H-pyrrole nitrogens is 1. The molecule has 0 aliphatic carbocycles. The van der Waals surface area contributed by atoms with Crippen molar-refractivity contribution in [2.24, 2.45) is 0 Å². The zero-order chi connectivity index (χ0) is 14.9. The molecular formula is C14H15ClFN3O. The van der Waals surface area contributed by atoms with E-state index < -0.39 is 11.7 Å². The maximum atomic E-state index is 12.9. The number of amides is 1. The number of aromatic nitrogens is 2. The van der Waals surface area contributed by atoms with Crippen LogP contribution in [-0.2, 0) is 5.41 Å². The van der Waals surface area contributed by atoms with Crippen LogP contribution in [0.4, 0.5) is 10.2 Å². The Kier molecular flexibility index (Phi) is 3.81. The van der Waals surface area contributed by atoms with Crippen molar-refractivity contribution in [2.45, 2.75) is 26.2 Å². The standard InChI is InChI=1S/C14H15ClFN3O/c1-14(2,3)11-7-12(19-18-11)17-13(20)9-5-4-8(16)6-10(9)15/h4-7H,1-3H3,(H2,17,18,19,20). The summed E-state index contributed by atoms with van der Waals surface area (Å²) >= 11 is 5.84. The van der Waals surface area contributed by atoms with Crippen molar-refractivity contribution < 1.29 is 9.18 Å². The van der Waals surface area contributed by atoms with Crippen LogP contribution in [0.5, 0.6) is 0 Å². The Bertz CT molecular complexity index is 646. The number of benzene rings is 1.